The zero-order valence-corrected chi connectivity index (χ0v) is 18.0. The number of hydrogen-bond donors (Lipinski definition) is 5. The summed E-state index contributed by atoms with van der Waals surface area (Å²) < 4.78 is 44.8. The second-order valence-electron chi connectivity index (χ2n) is 5.47. The molecule has 0 fully saturated rings. The van der Waals surface area contributed by atoms with Gasteiger partial charge in [0, 0.05) is 0 Å². The molecule has 0 spiro atoms. The molecular formula is C14H16N3O11P3. The van der Waals surface area contributed by atoms with Crippen molar-refractivity contribution in [2.24, 2.45) is 10.2 Å². The third-order valence-electron chi connectivity index (χ3n) is 2.98. The topological polar surface area (TPSA) is 214 Å². The van der Waals surface area contributed by atoms with E-state index in [0.29, 0.717) is 5.69 Å². The first-order chi connectivity index (χ1) is 14.4. The molecule has 0 aromatic heterocycles. The Morgan fingerprint density at radius 2 is 1.45 bits per heavy atom. The van der Waals surface area contributed by atoms with E-state index in [-0.39, 0.29) is 11.4 Å². The summed E-state index contributed by atoms with van der Waals surface area (Å²) in [6, 6.07) is 14.9. The molecule has 14 nitrogen and oxygen atoms in total. The van der Waals surface area contributed by atoms with E-state index in [1.807, 2.05) is 0 Å². The molecule has 0 bridgehead atoms. The Kier molecular flexibility index (Phi) is 8.52. The van der Waals surface area contributed by atoms with Crippen molar-refractivity contribution in [1.82, 2.24) is 0 Å². The molecule has 2 unspecified atom stereocenters. The van der Waals surface area contributed by atoms with Crippen LogP contribution in [0.15, 0.2) is 64.8 Å². The van der Waals surface area contributed by atoms with E-state index < -0.39 is 36.0 Å². The molecule has 2 atom stereocenters. The highest BCUT2D eigenvalue weighted by molar-refractivity contribution is 7.66. The summed E-state index contributed by atoms with van der Waals surface area (Å²) >= 11 is 0. The van der Waals surface area contributed by atoms with Crippen molar-refractivity contribution >= 4 is 46.4 Å². The Morgan fingerprint density at radius 3 is 2.10 bits per heavy atom. The van der Waals surface area contributed by atoms with Gasteiger partial charge in [-0.25, -0.2) is 13.7 Å². The number of amides is 1. The van der Waals surface area contributed by atoms with Gasteiger partial charge in [0.2, 0.25) is 0 Å². The highest BCUT2D eigenvalue weighted by Crippen LogP contribution is 2.66. The quantitative estimate of drug-likeness (QED) is 0.238. The van der Waals surface area contributed by atoms with Crippen molar-refractivity contribution in [2.75, 3.05) is 11.9 Å². The summed E-state index contributed by atoms with van der Waals surface area (Å²) in [6.45, 7) is -1.13. The molecule has 2 aromatic carbocycles. The van der Waals surface area contributed by atoms with Gasteiger partial charge in [0.15, 0.2) is 0 Å². The SMILES string of the molecule is O=C(COP(=O)(O)OP(=O)(O)OP(=O)(O)O)Nc1ccccc1N=Nc1ccccc1. The van der Waals surface area contributed by atoms with Gasteiger partial charge in [-0.1, -0.05) is 30.3 Å². The molecule has 0 saturated carbocycles. The first-order valence-electron chi connectivity index (χ1n) is 7.99. The van der Waals surface area contributed by atoms with Crippen LogP contribution in [0.5, 0.6) is 0 Å². The molecule has 0 aliphatic rings. The maximum atomic E-state index is 12.0. The van der Waals surface area contributed by atoms with Gasteiger partial charge in [-0.3, -0.25) is 9.32 Å². The van der Waals surface area contributed by atoms with E-state index in [0.717, 1.165) is 0 Å². The number of phosphoric acid groups is 3. The Morgan fingerprint density at radius 1 is 0.839 bits per heavy atom. The Bertz CT molecular complexity index is 1090. The van der Waals surface area contributed by atoms with Crippen LogP contribution in [0.4, 0.5) is 17.1 Å². The smallest absolute Gasteiger partial charge is 0.322 e. The van der Waals surface area contributed by atoms with Crippen LogP contribution in [0.2, 0.25) is 0 Å². The third kappa shape index (κ3) is 9.72. The standard InChI is InChI=1S/C14H16N3O11P3/c18-14(10-26-30(22,23)28-31(24,25)27-29(19,20)21)15-12-8-4-5-9-13(12)17-16-11-6-2-1-3-7-11/h1-9H,10H2,(H,15,18)(H,22,23)(H,24,25)(H2,19,20,21). The molecular weight excluding hydrogens is 479 g/mol. The second-order valence-corrected chi connectivity index (χ2v) is 9.89. The first kappa shape index (κ1) is 25.2. The van der Waals surface area contributed by atoms with Gasteiger partial charge < -0.3 is 24.9 Å². The number of rotatable bonds is 10. The first-order valence-corrected chi connectivity index (χ1v) is 12.5. The van der Waals surface area contributed by atoms with E-state index >= 15 is 0 Å². The summed E-state index contributed by atoms with van der Waals surface area (Å²) in [5, 5.41) is 10.3. The molecule has 2 rings (SSSR count). The normalized spacial score (nSPS) is 15.9. The van der Waals surface area contributed by atoms with Crippen molar-refractivity contribution < 1.29 is 51.2 Å². The number of para-hydroxylation sites is 1. The molecule has 0 aliphatic heterocycles. The van der Waals surface area contributed by atoms with Gasteiger partial charge >= 0.3 is 23.5 Å². The van der Waals surface area contributed by atoms with E-state index in [1.54, 1.807) is 42.5 Å². The van der Waals surface area contributed by atoms with Crippen LogP contribution in [-0.2, 0) is 31.6 Å². The van der Waals surface area contributed by atoms with Crippen LogP contribution >= 0.6 is 23.5 Å². The fourth-order valence-electron chi connectivity index (χ4n) is 1.90. The van der Waals surface area contributed by atoms with Crippen molar-refractivity contribution in [1.29, 1.82) is 0 Å². The van der Waals surface area contributed by atoms with Crippen LogP contribution in [0.3, 0.4) is 0 Å². The molecule has 31 heavy (non-hydrogen) atoms. The fourth-order valence-corrected chi connectivity index (χ4v) is 4.88. The Labute approximate surface area is 175 Å². The van der Waals surface area contributed by atoms with Crippen LogP contribution in [0.1, 0.15) is 0 Å². The maximum absolute atomic E-state index is 12.0. The lowest BCUT2D eigenvalue weighted by Crippen LogP contribution is -2.17. The number of nitrogens with zero attached hydrogens (tertiary/aromatic N) is 2. The van der Waals surface area contributed by atoms with Crippen molar-refractivity contribution in [2.45, 2.75) is 0 Å². The van der Waals surface area contributed by atoms with E-state index in [1.165, 1.54) is 12.1 Å². The van der Waals surface area contributed by atoms with Gasteiger partial charge in [0.05, 0.1) is 11.4 Å². The van der Waals surface area contributed by atoms with Gasteiger partial charge in [-0.15, -0.1) is 5.11 Å². The second kappa shape index (κ2) is 10.5. The van der Waals surface area contributed by atoms with Gasteiger partial charge in [-0.2, -0.15) is 13.7 Å². The zero-order valence-electron chi connectivity index (χ0n) is 15.3. The summed E-state index contributed by atoms with van der Waals surface area (Å²) in [7, 11) is -16.6. The molecule has 17 heteroatoms. The van der Waals surface area contributed by atoms with Crippen molar-refractivity contribution in [3.63, 3.8) is 0 Å². The van der Waals surface area contributed by atoms with Crippen LogP contribution < -0.4 is 5.32 Å². The van der Waals surface area contributed by atoms with E-state index in [2.05, 4.69) is 28.7 Å². The predicted octanol–water partition coefficient (Wildman–Crippen LogP) is 3.38. The Balaban J connectivity index is 1.99. The molecule has 0 aliphatic carbocycles. The third-order valence-corrected chi connectivity index (χ3v) is 6.76. The van der Waals surface area contributed by atoms with Crippen LogP contribution in [0, 0.1) is 0 Å². The zero-order chi connectivity index (χ0) is 23.1. The predicted molar refractivity (Wildman–Crippen MR) is 106 cm³/mol. The molecule has 0 saturated heterocycles. The fraction of sp³-hybridized carbons (Fsp3) is 0.0714. The van der Waals surface area contributed by atoms with Crippen molar-refractivity contribution in [3.8, 4) is 0 Å². The highest BCUT2D eigenvalue weighted by Gasteiger charge is 2.40. The molecule has 2 aromatic rings. The summed E-state index contributed by atoms with van der Waals surface area (Å²) in [6.07, 6.45) is 0. The van der Waals surface area contributed by atoms with Gasteiger partial charge in [-0.05, 0) is 24.3 Å². The lowest BCUT2D eigenvalue weighted by Gasteiger charge is -2.16. The number of anilines is 1. The number of azo groups is 1. The van der Waals surface area contributed by atoms with Crippen LogP contribution in [0.25, 0.3) is 0 Å². The highest BCUT2D eigenvalue weighted by atomic mass is 31.3. The summed E-state index contributed by atoms with van der Waals surface area (Å²) in [4.78, 5) is 47.3. The largest absolute Gasteiger partial charge is 0.490 e. The van der Waals surface area contributed by atoms with E-state index in [4.69, 9.17) is 14.7 Å². The Hall–Kier alpha value is -2.08. The number of nitrogens with one attached hydrogen (secondary N) is 1. The average molecular weight is 495 g/mol. The van der Waals surface area contributed by atoms with Gasteiger partial charge in [0.25, 0.3) is 5.91 Å². The molecule has 5 N–H and O–H groups in total. The minimum Gasteiger partial charge on any atom is -0.322 e. The number of benzene rings is 2. The van der Waals surface area contributed by atoms with Crippen molar-refractivity contribution in [3.05, 3.63) is 54.6 Å². The molecule has 1 amide bonds. The molecule has 0 radical (unpaired) electrons. The van der Waals surface area contributed by atoms with Crippen LogP contribution in [-0.4, -0.2) is 32.1 Å². The maximum Gasteiger partial charge on any atom is 0.490 e. The lowest BCUT2D eigenvalue weighted by molar-refractivity contribution is -0.118. The monoisotopic (exact) mass is 495 g/mol. The number of hydrogen-bond acceptors (Lipinski definition) is 9. The summed E-state index contributed by atoms with van der Waals surface area (Å²) in [5.41, 5.74) is 0.969. The molecule has 0 heterocycles. The lowest BCUT2D eigenvalue weighted by atomic mass is 10.2. The minimum atomic E-state index is -5.67. The van der Waals surface area contributed by atoms with Gasteiger partial charge in [0.1, 0.15) is 12.3 Å². The van der Waals surface area contributed by atoms with E-state index in [9.17, 15) is 23.4 Å². The number of phosphoric ester groups is 1. The summed E-state index contributed by atoms with van der Waals surface area (Å²) in [5.74, 6) is -0.982. The minimum absolute atomic E-state index is 0.169. The molecule has 168 valence electrons. The number of carbonyl (C=O) groups is 1. The number of carbonyl (C=O) groups excluding carboxylic acids is 1. The average Bonchev–Trinajstić information content (AvgIpc) is 2.64.